The first-order valence-electron chi connectivity index (χ1n) is 3.26. The first-order chi connectivity index (χ1) is 4.83. The van der Waals surface area contributed by atoms with Crippen LogP contribution in [0.3, 0.4) is 0 Å². The zero-order chi connectivity index (χ0) is 7.40. The van der Waals surface area contributed by atoms with Crippen molar-refractivity contribution >= 4 is 22.9 Å². The highest BCUT2D eigenvalue weighted by molar-refractivity contribution is 7.14. The van der Waals surface area contributed by atoms with E-state index in [4.69, 9.17) is 17.3 Å². The fourth-order valence-corrected chi connectivity index (χ4v) is 1.73. The molecule has 0 aliphatic heterocycles. The van der Waals surface area contributed by atoms with E-state index < -0.39 is 0 Å². The summed E-state index contributed by atoms with van der Waals surface area (Å²) >= 11 is 7.31. The van der Waals surface area contributed by atoms with Gasteiger partial charge in [0.1, 0.15) is 0 Å². The van der Waals surface area contributed by atoms with E-state index in [1.807, 2.05) is 6.07 Å². The average molecular weight is 176 g/mol. The van der Waals surface area contributed by atoms with Gasteiger partial charge in [-0.15, -0.1) is 11.3 Å². The Morgan fingerprint density at radius 3 is 2.90 bits per heavy atom. The summed E-state index contributed by atoms with van der Waals surface area (Å²) in [5.41, 5.74) is 6.66. The van der Waals surface area contributed by atoms with E-state index in [-0.39, 0.29) is 0 Å². The van der Waals surface area contributed by atoms with Crippen LogP contribution in [0.4, 0.5) is 0 Å². The van der Waals surface area contributed by atoms with Gasteiger partial charge in [0.2, 0.25) is 0 Å². The van der Waals surface area contributed by atoms with E-state index in [2.05, 4.69) is 5.38 Å². The lowest BCUT2D eigenvalue weighted by atomic mass is 10.2. The van der Waals surface area contributed by atoms with Crippen molar-refractivity contribution in [1.29, 1.82) is 0 Å². The van der Waals surface area contributed by atoms with Crippen molar-refractivity contribution in [2.75, 3.05) is 6.54 Å². The summed E-state index contributed by atoms with van der Waals surface area (Å²) in [5, 5.41) is 2.08. The molecule has 0 spiro atoms. The Hall–Kier alpha value is -0.0500. The van der Waals surface area contributed by atoms with Gasteiger partial charge < -0.3 is 5.73 Å². The minimum Gasteiger partial charge on any atom is -0.330 e. The van der Waals surface area contributed by atoms with Crippen LogP contribution >= 0.6 is 22.9 Å². The van der Waals surface area contributed by atoms with Crippen LogP contribution in [0.2, 0.25) is 4.34 Å². The molecule has 56 valence electrons. The molecule has 0 unspecified atom stereocenters. The van der Waals surface area contributed by atoms with Crippen molar-refractivity contribution < 1.29 is 0 Å². The van der Waals surface area contributed by atoms with Crippen molar-refractivity contribution in [2.45, 2.75) is 12.8 Å². The summed E-state index contributed by atoms with van der Waals surface area (Å²) in [7, 11) is 0. The van der Waals surface area contributed by atoms with E-state index >= 15 is 0 Å². The van der Waals surface area contributed by atoms with E-state index in [0.717, 1.165) is 23.7 Å². The molecular formula is C7H10ClNS. The molecule has 0 saturated heterocycles. The molecule has 1 heterocycles. The summed E-state index contributed by atoms with van der Waals surface area (Å²) in [5.74, 6) is 0. The Labute approximate surface area is 69.8 Å². The summed E-state index contributed by atoms with van der Waals surface area (Å²) in [6.45, 7) is 0.757. The third-order valence-electron chi connectivity index (χ3n) is 1.29. The van der Waals surface area contributed by atoms with Crippen molar-refractivity contribution in [2.24, 2.45) is 5.73 Å². The van der Waals surface area contributed by atoms with Crippen LogP contribution in [0, 0.1) is 0 Å². The normalized spacial score (nSPS) is 10.2. The van der Waals surface area contributed by atoms with Gasteiger partial charge in [-0.05, 0) is 36.4 Å². The molecule has 3 heteroatoms. The number of rotatable bonds is 3. The Morgan fingerprint density at radius 1 is 1.60 bits per heavy atom. The van der Waals surface area contributed by atoms with Gasteiger partial charge in [0, 0.05) is 0 Å². The number of hydrogen-bond acceptors (Lipinski definition) is 2. The quantitative estimate of drug-likeness (QED) is 0.750. The van der Waals surface area contributed by atoms with Gasteiger partial charge >= 0.3 is 0 Å². The highest BCUT2D eigenvalue weighted by atomic mass is 35.5. The van der Waals surface area contributed by atoms with Crippen molar-refractivity contribution in [1.82, 2.24) is 0 Å². The average Bonchev–Trinajstić information content (AvgIpc) is 2.31. The maximum atomic E-state index is 5.73. The third-order valence-corrected chi connectivity index (χ3v) is 2.43. The van der Waals surface area contributed by atoms with Gasteiger partial charge in [-0.2, -0.15) is 0 Å². The summed E-state index contributed by atoms with van der Waals surface area (Å²) in [6.07, 6.45) is 2.10. The maximum Gasteiger partial charge on any atom is 0.0931 e. The van der Waals surface area contributed by atoms with Crippen LogP contribution in [0.1, 0.15) is 12.0 Å². The summed E-state index contributed by atoms with van der Waals surface area (Å²) in [6, 6.07) is 2.00. The van der Waals surface area contributed by atoms with Gasteiger partial charge in [-0.3, -0.25) is 0 Å². The topological polar surface area (TPSA) is 26.0 Å². The second kappa shape index (κ2) is 3.96. The molecule has 0 aliphatic carbocycles. The lowest BCUT2D eigenvalue weighted by molar-refractivity contribution is 0.835. The molecule has 0 saturated carbocycles. The van der Waals surface area contributed by atoms with Crippen LogP contribution in [0.5, 0.6) is 0 Å². The molecule has 0 aromatic carbocycles. The van der Waals surface area contributed by atoms with E-state index in [1.165, 1.54) is 5.56 Å². The Balaban J connectivity index is 2.42. The Bertz CT molecular complexity index is 197. The fourth-order valence-electron chi connectivity index (χ4n) is 0.783. The van der Waals surface area contributed by atoms with E-state index in [1.54, 1.807) is 11.3 Å². The first-order valence-corrected chi connectivity index (χ1v) is 4.51. The number of hydrogen-bond donors (Lipinski definition) is 1. The summed E-state index contributed by atoms with van der Waals surface area (Å²) in [4.78, 5) is 0. The highest BCUT2D eigenvalue weighted by Crippen LogP contribution is 2.20. The van der Waals surface area contributed by atoms with Crippen molar-refractivity contribution in [3.8, 4) is 0 Å². The number of thiophene rings is 1. The number of aryl methyl sites for hydroxylation is 1. The van der Waals surface area contributed by atoms with Gasteiger partial charge in [0.25, 0.3) is 0 Å². The minimum atomic E-state index is 0.757. The van der Waals surface area contributed by atoms with Gasteiger partial charge in [-0.1, -0.05) is 11.6 Å². The van der Waals surface area contributed by atoms with Gasteiger partial charge in [0.05, 0.1) is 4.34 Å². The standard InChI is InChI=1S/C7H10ClNS/c8-7-4-6(5-10-7)2-1-3-9/h4-5H,1-3,9H2. The maximum absolute atomic E-state index is 5.73. The lowest BCUT2D eigenvalue weighted by Crippen LogP contribution is -1.99. The first kappa shape index (κ1) is 8.05. The van der Waals surface area contributed by atoms with Crippen molar-refractivity contribution in [3.05, 3.63) is 21.3 Å². The van der Waals surface area contributed by atoms with Crippen LogP contribution in [-0.4, -0.2) is 6.54 Å². The molecule has 0 fully saturated rings. The van der Waals surface area contributed by atoms with Gasteiger partial charge in [-0.25, -0.2) is 0 Å². The molecule has 1 nitrogen and oxygen atoms in total. The zero-order valence-corrected chi connectivity index (χ0v) is 7.21. The Kier molecular flexibility index (Phi) is 3.19. The predicted octanol–water partition coefficient (Wildman–Crippen LogP) is 2.29. The molecule has 1 aromatic rings. The zero-order valence-electron chi connectivity index (χ0n) is 5.64. The third kappa shape index (κ3) is 2.29. The molecular weight excluding hydrogens is 166 g/mol. The van der Waals surface area contributed by atoms with Crippen LogP contribution in [-0.2, 0) is 6.42 Å². The smallest absolute Gasteiger partial charge is 0.0931 e. The largest absolute Gasteiger partial charge is 0.330 e. The minimum absolute atomic E-state index is 0.757. The van der Waals surface area contributed by atoms with Crippen LogP contribution in [0.15, 0.2) is 11.4 Å². The molecule has 0 bridgehead atoms. The molecule has 0 radical (unpaired) electrons. The predicted molar refractivity (Wildman–Crippen MR) is 46.7 cm³/mol. The molecule has 10 heavy (non-hydrogen) atoms. The highest BCUT2D eigenvalue weighted by Gasteiger charge is 1.95. The van der Waals surface area contributed by atoms with E-state index in [9.17, 15) is 0 Å². The monoisotopic (exact) mass is 175 g/mol. The van der Waals surface area contributed by atoms with Crippen molar-refractivity contribution in [3.63, 3.8) is 0 Å². The molecule has 0 aliphatic rings. The van der Waals surface area contributed by atoms with Gasteiger partial charge in [0.15, 0.2) is 0 Å². The van der Waals surface area contributed by atoms with Crippen LogP contribution in [0.25, 0.3) is 0 Å². The molecule has 2 N–H and O–H groups in total. The lowest BCUT2D eigenvalue weighted by Gasteiger charge is -1.91. The number of halogens is 1. The van der Waals surface area contributed by atoms with E-state index in [0.29, 0.717) is 0 Å². The summed E-state index contributed by atoms with van der Waals surface area (Å²) < 4.78 is 0.868. The molecule has 0 atom stereocenters. The Morgan fingerprint density at radius 2 is 2.40 bits per heavy atom. The second-order valence-electron chi connectivity index (χ2n) is 2.15. The molecule has 1 rings (SSSR count). The SMILES string of the molecule is NCCCc1csc(Cl)c1. The molecule has 0 amide bonds. The second-order valence-corrected chi connectivity index (χ2v) is 3.69. The number of nitrogens with two attached hydrogens (primary N) is 1. The molecule has 1 aromatic heterocycles. The van der Waals surface area contributed by atoms with Crippen LogP contribution < -0.4 is 5.73 Å². The fraction of sp³-hybridized carbons (Fsp3) is 0.429.